The standard InChI is InChI=1S/C15H17FIN3O/c1-3-8-18-15-13(17)12(9-21-2)19-14(20-15)10-4-6-11(16)7-5-10/h4-7H,3,8-9H2,1-2H3,(H,18,19,20). The second-order valence-corrected chi connectivity index (χ2v) is 5.60. The molecule has 1 aromatic carbocycles. The highest BCUT2D eigenvalue weighted by Gasteiger charge is 2.13. The number of anilines is 1. The van der Waals surface area contributed by atoms with Gasteiger partial charge < -0.3 is 10.1 Å². The van der Waals surface area contributed by atoms with Crippen molar-refractivity contribution < 1.29 is 9.13 Å². The van der Waals surface area contributed by atoms with E-state index in [1.165, 1.54) is 12.1 Å². The summed E-state index contributed by atoms with van der Waals surface area (Å²) in [5.74, 6) is 1.09. The summed E-state index contributed by atoms with van der Waals surface area (Å²) in [5, 5.41) is 3.29. The first-order chi connectivity index (χ1) is 10.2. The number of nitrogens with one attached hydrogen (secondary N) is 1. The van der Waals surface area contributed by atoms with Gasteiger partial charge in [-0.05, 0) is 53.3 Å². The summed E-state index contributed by atoms with van der Waals surface area (Å²) in [4.78, 5) is 9.07. The first kappa shape index (κ1) is 16.1. The van der Waals surface area contributed by atoms with Crippen molar-refractivity contribution in [2.45, 2.75) is 20.0 Å². The van der Waals surface area contributed by atoms with E-state index in [1.54, 1.807) is 19.2 Å². The molecule has 0 saturated heterocycles. The molecule has 2 rings (SSSR count). The number of benzene rings is 1. The Bertz CT molecular complexity index is 605. The molecule has 0 radical (unpaired) electrons. The molecule has 1 heterocycles. The van der Waals surface area contributed by atoms with Gasteiger partial charge >= 0.3 is 0 Å². The van der Waals surface area contributed by atoms with Gasteiger partial charge in [0.25, 0.3) is 0 Å². The lowest BCUT2D eigenvalue weighted by molar-refractivity contribution is 0.181. The van der Waals surface area contributed by atoms with Crippen molar-refractivity contribution in [1.29, 1.82) is 0 Å². The summed E-state index contributed by atoms with van der Waals surface area (Å²) >= 11 is 2.22. The van der Waals surface area contributed by atoms with E-state index in [1.807, 2.05) is 0 Å². The predicted molar refractivity (Wildman–Crippen MR) is 89.6 cm³/mol. The zero-order valence-electron chi connectivity index (χ0n) is 12.0. The second kappa shape index (κ2) is 7.65. The van der Waals surface area contributed by atoms with E-state index in [9.17, 15) is 4.39 Å². The highest BCUT2D eigenvalue weighted by atomic mass is 127. The van der Waals surface area contributed by atoms with Crippen molar-refractivity contribution in [3.63, 3.8) is 0 Å². The topological polar surface area (TPSA) is 47.0 Å². The van der Waals surface area contributed by atoms with Crippen LogP contribution in [0.1, 0.15) is 19.0 Å². The van der Waals surface area contributed by atoms with Crippen LogP contribution in [0.2, 0.25) is 0 Å². The molecule has 1 N–H and O–H groups in total. The fraction of sp³-hybridized carbons (Fsp3) is 0.333. The number of hydrogen-bond acceptors (Lipinski definition) is 4. The third-order valence-electron chi connectivity index (χ3n) is 2.85. The Morgan fingerprint density at radius 1 is 1.24 bits per heavy atom. The minimum atomic E-state index is -0.272. The molecule has 0 bridgehead atoms. The number of halogens is 2. The molecular formula is C15H17FIN3O. The molecule has 21 heavy (non-hydrogen) atoms. The van der Waals surface area contributed by atoms with Gasteiger partial charge in [0.05, 0.1) is 15.9 Å². The highest BCUT2D eigenvalue weighted by molar-refractivity contribution is 14.1. The largest absolute Gasteiger partial charge is 0.378 e. The Morgan fingerprint density at radius 2 is 1.95 bits per heavy atom. The second-order valence-electron chi connectivity index (χ2n) is 4.52. The van der Waals surface area contributed by atoms with Crippen LogP contribution < -0.4 is 5.32 Å². The van der Waals surface area contributed by atoms with Gasteiger partial charge in [-0.1, -0.05) is 6.92 Å². The van der Waals surface area contributed by atoms with Gasteiger partial charge in [-0.3, -0.25) is 0 Å². The Balaban J connectivity index is 2.44. The van der Waals surface area contributed by atoms with E-state index < -0.39 is 0 Å². The number of methoxy groups -OCH3 is 1. The number of nitrogens with zero attached hydrogens (tertiary/aromatic N) is 2. The third-order valence-corrected chi connectivity index (χ3v) is 3.98. The molecule has 0 fully saturated rings. The predicted octanol–water partition coefficient (Wildman–Crippen LogP) is 3.86. The number of ether oxygens (including phenoxy) is 1. The van der Waals surface area contributed by atoms with Crippen molar-refractivity contribution >= 4 is 28.4 Å². The molecule has 0 atom stereocenters. The van der Waals surface area contributed by atoms with E-state index in [-0.39, 0.29) is 5.82 Å². The lowest BCUT2D eigenvalue weighted by Crippen LogP contribution is -2.09. The van der Waals surface area contributed by atoms with E-state index in [4.69, 9.17) is 4.74 Å². The Labute approximate surface area is 137 Å². The van der Waals surface area contributed by atoms with Gasteiger partial charge in [0.15, 0.2) is 5.82 Å². The fourth-order valence-electron chi connectivity index (χ4n) is 1.81. The summed E-state index contributed by atoms with van der Waals surface area (Å²) in [6, 6.07) is 6.17. The monoisotopic (exact) mass is 401 g/mol. The lowest BCUT2D eigenvalue weighted by Gasteiger charge is -2.12. The third kappa shape index (κ3) is 4.10. The molecule has 0 unspecified atom stereocenters. The molecule has 112 valence electrons. The lowest BCUT2D eigenvalue weighted by atomic mass is 10.2. The average molecular weight is 401 g/mol. The van der Waals surface area contributed by atoms with Crippen molar-refractivity contribution in [1.82, 2.24) is 9.97 Å². The van der Waals surface area contributed by atoms with Crippen molar-refractivity contribution in [2.75, 3.05) is 19.0 Å². The zero-order valence-corrected chi connectivity index (χ0v) is 14.1. The summed E-state index contributed by atoms with van der Waals surface area (Å²) in [7, 11) is 1.63. The Morgan fingerprint density at radius 3 is 2.57 bits per heavy atom. The molecule has 6 heteroatoms. The van der Waals surface area contributed by atoms with Crippen LogP contribution in [0.5, 0.6) is 0 Å². The van der Waals surface area contributed by atoms with Crippen LogP contribution in [0, 0.1) is 9.39 Å². The first-order valence-electron chi connectivity index (χ1n) is 6.70. The van der Waals surface area contributed by atoms with Crippen LogP contribution in [-0.2, 0) is 11.3 Å². The van der Waals surface area contributed by atoms with Crippen LogP contribution in [0.3, 0.4) is 0 Å². The van der Waals surface area contributed by atoms with E-state index in [0.717, 1.165) is 33.6 Å². The van der Waals surface area contributed by atoms with Gasteiger partial charge in [0.1, 0.15) is 11.6 Å². The summed E-state index contributed by atoms with van der Waals surface area (Å²) < 4.78 is 19.2. The molecule has 0 aliphatic rings. The quantitative estimate of drug-likeness (QED) is 0.747. The molecule has 0 aliphatic heterocycles. The van der Waals surface area contributed by atoms with E-state index in [0.29, 0.717) is 12.4 Å². The molecule has 0 saturated carbocycles. The summed E-state index contributed by atoms with van der Waals surface area (Å²) in [5.41, 5.74) is 1.61. The van der Waals surface area contributed by atoms with Crippen LogP contribution in [0.15, 0.2) is 24.3 Å². The minimum absolute atomic E-state index is 0.272. The number of hydrogen-bond donors (Lipinski definition) is 1. The van der Waals surface area contributed by atoms with Gasteiger partial charge in [-0.2, -0.15) is 0 Å². The maximum Gasteiger partial charge on any atom is 0.161 e. The number of rotatable bonds is 6. The van der Waals surface area contributed by atoms with Gasteiger partial charge in [0, 0.05) is 19.2 Å². The maximum absolute atomic E-state index is 13.0. The van der Waals surface area contributed by atoms with Gasteiger partial charge in [-0.15, -0.1) is 0 Å². The maximum atomic E-state index is 13.0. The SMILES string of the molecule is CCCNc1nc(-c2ccc(F)cc2)nc(COC)c1I. The van der Waals surface area contributed by atoms with Crippen LogP contribution >= 0.6 is 22.6 Å². The normalized spacial score (nSPS) is 10.7. The van der Waals surface area contributed by atoms with Crippen molar-refractivity contribution in [3.05, 3.63) is 39.3 Å². The minimum Gasteiger partial charge on any atom is -0.378 e. The molecule has 0 spiro atoms. The van der Waals surface area contributed by atoms with E-state index in [2.05, 4.69) is 44.8 Å². The smallest absolute Gasteiger partial charge is 0.161 e. The summed E-state index contributed by atoms with van der Waals surface area (Å²) in [6.45, 7) is 3.34. The average Bonchev–Trinajstić information content (AvgIpc) is 2.49. The molecular weight excluding hydrogens is 384 g/mol. The molecule has 4 nitrogen and oxygen atoms in total. The van der Waals surface area contributed by atoms with Gasteiger partial charge in [0.2, 0.25) is 0 Å². The zero-order chi connectivity index (χ0) is 15.2. The fourth-order valence-corrected chi connectivity index (χ4v) is 2.40. The van der Waals surface area contributed by atoms with Crippen LogP contribution in [-0.4, -0.2) is 23.6 Å². The number of aromatic nitrogens is 2. The van der Waals surface area contributed by atoms with E-state index >= 15 is 0 Å². The van der Waals surface area contributed by atoms with Crippen molar-refractivity contribution in [2.24, 2.45) is 0 Å². The first-order valence-corrected chi connectivity index (χ1v) is 7.78. The molecule has 2 aromatic rings. The van der Waals surface area contributed by atoms with Crippen LogP contribution in [0.4, 0.5) is 10.2 Å². The molecule has 1 aromatic heterocycles. The van der Waals surface area contributed by atoms with Crippen LogP contribution in [0.25, 0.3) is 11.4 Å². The Hall–Kier alpha value is -1.28. The van der Waals surface area contributed by atoms with Gasteiger partial charge in [-0.25, -0.2) is 14.4 Å². The summed E-state index contributed by atoms with van der Waals surface area (Å²) in [6.07, 6.45) is 1.01. The Kier molecular flexibility index (Phi) is 5.86. The van der Waals surface area contributed by atoms with Crippen molar-refractivity contribution in [3.8, 4) is 11.4 Å². The highest BCUT2D eigenvalue weighted by Crippen LogP contribution is 2.24. The molecule has 0 amide bonds. The molecule has 0 aliphatic carbocycles.